The average Bonchev–Trinajstić information content (AvgIpc) is 2.77. The lowest BCUT2D eigenvalue weighted by molar-refractivity contribution is 0.0701. The first kappa shape index (κ1) is 13.4. The number of thiophene rings is 1. The van der Waals surface area contributed by atoms with Crippen LogP contribution in [-0.4, -0.2) is 26.0 Å². The quantitative estimate of drug-likeness (QED) is 0.771. The van der Waals surface area contributed by atoms with Crippen molar-refractivity contribution >= 4 is 27.5 Å². The number of pyridine rings is 1. The van der Waals surface area contributed by atoms with Crippen LogP contribution in [0.1, 0.15) is 26.8 Å². The van der Waals surface area contributed by atoms with Crippen molar-refractivity contribution in [3.63, 3.8) is 0 Å². The first-order chi connectivity index (χ1) is 10.1. The number of carboxylic acid groups (broad SMARTS) is 1. The zero-order valence-corrected chi connectivity index (χ0v) is 11.9. The highest BCUT2D eigenvalue weighted by Crippen LogP contribution is 2.26. The summed E-state index contributed by atoms with van der Waals surface area (Å²) in [6, 6.07) is 5.51. The van der Waals surface area contributed by atoms with Crippen LogP contribution in [0.25, 0.3) is 10.2 Å². The predicted molar refractivity (Wildman–Crippen MR) is 79.0 cm³/mol. The maximum absolute atomic E-state index is 12.1. The molecule has 21 heavy (non-hydrogen) atoms. The molecule has 3 heterocycles. The molecule has 0 amide bonds. The molecule has 0 spiro atoms. The standard InChI is InChI=1S/C14H11N3O3S/c1-7-10-12(18)16-9(6-8-4-2-3-5-15-8)17-13(10)21-11(7)14(19)20/h2-5H,6H2,1H3,(H,19,20)(H,16,17,18). The second kappa shape index (κ2) is 5.10. The molecular weight excluding hydrogens is 290 g/mol. The summed E-state index contributed by atoms with van der Waals surface area (Å²) in [6.45, 7) is 1.62. The molecule has 6 nitrogen and oxygen atoms in total. The Balaban J connectivity index is 2.11. The number of nitrogens with one attached hydrogen (secondary N) is 1. The maximum Gasteiger partial charge on any atom is 0.346 e. The molecule has 0 unspecified atom stereocenters. The van der Waals surface area contributed by atoms with Gasteiger partial charge in [-0.05, 0) is 24.6 Å². The minimum atomic E-state index is -1.04. The summed E-state index contributed by atoms with van der Waals surface area (Å²) < 4.78 is 0. The fraction of sp³-hybridized carbons (Fsp3) is 0.143. The number of hydrogen-bond acceptors (Lipinski definition) is 5. The first-order valence-electron chi connectivity index (χ1n) is 6.21. The van der Waals surface area contributed by atoms with Crippen LogP contribution >= 0.6 is 11.3 Å². The number of aryl methyl sites for hydroxylation is 1. The lowest BCUT2D eigenvalue weighted by Crippen LogP contribution is -2.12. The lowest BCUT2D eigenvalue weighted by atomic mass is 10.2. The van der Waals surface area contributed by atoms with Crippen LogP contribution in [0.15, 0.2) is 29.2 Å². The molecule has 7 heteroatoms. The molecule has 106 valence electrons. The van der Waals surface area contributed by atoms with E-state index >= 15 is 0 Å². The van der Waals surface area contributed by atoms with E-state index in [1.807, 2.05) is 18.2 Å². The summed E-state index contributed by atoms with van der Waals surface area (Å²) in [7, 11) is 0. The van der Waals surface area contributed by atoms with Crippen molar-refractivity contribution in [2.45, 2.75) is 13.3 Å². The van der Waals surface area contributed by atoms with Gasteiger partial charge in [0.25, 0.3) is 5.56 Å². The Morgan fingerprint density at radius 2 is 2.24 bits per heavy atom. The fourth-order valence-electron chi connectivity index (χ4n) is 2.15. The molecule has 3 aromatic heterocycles. The van der Waals surface area contributed by atoms with Gasteiger partial charge in [0.15, 0.2) is 0 Å². The molecule has 0 aliphatic rings. The van der Waals surface area contributed by atoms with Crippen molar-refractivity contribution in [2.24, 2.45) is 0 Å². The van der Waals surface area contributed by atoms with Gasteiger partial charge in [0.05, 0.1) is 5.39 Å². The van der Waals surface area contributed by atoms with Gasteiger partial charge in [-0.25, -0.2) is 9.78 Å². The Kier molecular flexibility index (Phi) is 3.26. The van der Waals surface area contributed by atoms with Crippen molar-refractivity contribution in [2.75, 3.05) is 0 Å². The van der Waals surface area contributed by atoms with Crippen molar-refractivity contribution in [3.8, 4) is 0 Å². The third kappa shape index (κ3) is 2.43. The van der Waals surface area contributed by atoms with Crippen LogP contribution in [0.3, 0.4) is 0 Å². The molecule has 0 aliphatic heterocycles. The number of nitrogens with zero attached hydrogens (tertiary/aromatic N) is 2. The van der Waals surface area contributed by atoms with Crippen LogP contribution in [0.4, 0.5) is 0 Å². The van der Waals surface area contributed by atoms with Crippen molar-refractivity contribution in [3.05, 3.63) is 56.7 Å². The third-order valence-electron chi connectivity index (χ3n) is 3.12. The molecule has 0 aromatic carbocycles. The molecule has 0 radical (unpaired) electrons. The number of carboxylic acids is 1. The van der Waals surface area contributed by atoms with Crippen LogP contribution < -0.4 is 5.56 Å². The van der Waals surface area contributed by atoms with E-state index in [1.54, 1.807) is 13.1 Å². The zero-order chi connectivity index (χ0) is 15.0. The maximum atomic E-state index is 12.1. The van der Waals surface area contributed by atoms with E-state index in [1.165, 1.54) is 0 Å². The minimum absolute atomic E-state index is 0.151. The Morgan fingerprint density at radius 1 is 1.43 bits per heavy atom. The molecule has 0 bridgehead atoms. The second-order valence-corrected chi connectivity index (χ2v) is 5.55. The topological polar surface area (TPSA) is 95.9 Å². The highest BCUT2D eigenvalue weighted by molar-refractivity contribution is 7.20. The number of carbonyl (C=O) groups is 1. The largest absolute Gasteiger partial charge is 0.477 e. The number of hydrogen-bond donors (Lipinski definition) is 2. The molecule has 0 saturated carbocycles. The monoisotopic (exact) mass is 301 g/mol. The van der Waals surface area contributed by atoms with Crippen LogP contribution in [-0.2, 0) is 6.42 Å². The molecule has 0 aliphatic carbocycles. The van der Waals surface area contributed by atoms with E-state index in [0.717, 1.165) is 17.0 Å². The van der Waals surface area contributed by atoms with Crippen LogP contribution in [0, 0.1) is 6.92 Å². The van der Waals surface area contributed by atoms with Gasteiger partial charge in [-0.1, -0.05) is 6.07 Å². The third-order valence-corrected chi connectivity index (χ3v) is 4.29. The van der Waals surface area contributed by atoms with Crippen molar-refractivity contribution in [1.29, 1.82) is 0 Å². The predicted octanol–water partition coefficient (Wildman–Crippen LogP) is 1.98. The molecule has 0 saturated heterocycles. The lowest BCUT2D eigenvalue weighted by Gasteiger charge is -2.00. The van der Waals surface area contributed by atoms with Crippen molar-refractivity contribution < 1.29 is 9.90 Å². The first-order valence-corrected chi connectivity index (χ1v) is 7.03. The van der Waals surface area contributed by atoms with Gasteiger partial charge in [0, 0.05) is 18.3 Å². The second-order valence-electron chi connectivity index (χ2n) is 4.55. The number of fused-ring (bicyclic) bond motifs is 1. The van der Waals surface area contributed by atoms with Gasteiger partial charge >= 0.3 is 5.97 Å². The van der Waals surface area contributed by atoms with Crippen LogP contribution in [0.5, 0.6) is 0 Å². The highest BCUT2D eigenvalue weighted by atomic mass is 32.1. The van der Waals surface area contributed by atoms with E-state index in [-0.39, 0.29) is 10.4 Å². The van der Waals surface area contributed by atoms with Gasteiger partial charge in [-0.3, -0.25) is 9.78 Å². The fourth-order valence-corrected chi connectivity index (χ4v) is 3.19. The number of aromatic amines is 1. The Hall–Kier alpha value is -2.54. The Labute approximate surface area is 123 Å². The molecule has 0 atom stereocenters. The summed E-state index contributed by atoms with van der Waals surface area (Å²) in [5, 5.41) is 9.47. The van der Waals surface area contributed by atoms with Crippen LogP contribution in [0.2, 0.25) is 0 Å². The summed E-state index contributed by atoms with van der Waals surface area (Å²) in [5.74, 6) is -0.564. The van der Waals surface area contributed by atoms with E-state index in [9.17, 15) is 9.59 Å². The van der Waals surface area contributed by atoms with E-state index in [4.69, 9.17) is 5.11 Å². The van der Waals surface area contributed by atoms with Gasteiger partial charge in [0.2, 0.25) is 0 Å². The smallest absolute Gasteiger partial charge is 0.346 e. The molecule has 2 N–H and O–H groups in total. The van der Waals surface area contributed by atoms with E-state index < -0.39 is 5.97 Å². The highest BCUT2D eigenvalue weighted by Gasteiger charge is 2.18. The Morgan fingerprint density at radius 3 is 2.90 bits per heavy atom. The zero-order valence-electron chi connectivity index (χ0n) is 11.1. The molecule has 3 rings (SSSR count). The summed E-state index contributed by atoms with van der Waals surface area (Å²) in [5.41, 5.74) is 0.930. The molecule has 0 fully saturated rings. The molecular formula is C14H11N3O3S. The van der Waals surface area contributed by atoms with Gasteiger partial charge < -0.3 is 10.1 Å². The van der Waals surface area contributed by atoms with Crippen molar-refractivity contribution in [1.82, 2.24) is 15.0 Å². The van der Waals surface area contributed by atoms with Gasteiger partial charge in [-0.15, -0.1) is 11.3 Å². The average molecular weight is 301 g/mol. The van der Waals surface area contributed by atoms with Gasteiger partial charge in [0.1, 0.15) is 15.5 Å². The number of aromatic carboxylic acids is 1. The number of H-pyrrole nitrogens is 1. The summed E-state index contributed by atoms with van der Waals surface area (Å²) in [6.07, 6.45) is 2.06. The summed E-state index contributed by atoms with van der Waals surface area (Å²) in [4.78, 5) is 35.1. The van der Waals surface area contributed by atoms with Gasteiger partial charge in [-0.2, -0.15) is 0 Å². The number of aromatic nitrogens is 3. The number of rotatable bonds is 3. The Bertz CT molecular complexity index is 884. The molecule has 3 aromatic rings. The van der Waals surface area contributed by atoms with E-state index in [2.05, 4.69) is 15.0 Å². The van der Waals surface area contributed by atoms with E-state index in [0.29, 0.717) is 28.0 Å². The summed E-state index contributed by atoms with van der Waals surface area (Å²) >= 11 is 1.02. The minimum Gasteiger partial charge on any atom is -0.477 e. The normalized spacial score (nSPS) is 10.9. The SMILES string of the molecule is Cc1c(C(=O)O)sc2nc(Cc3ccccn3)[nH]c(=O)c12.